The summed E-state index contributed by atoms with van der Waals surface area (Å²) in [6.07, 6.45) is 8.31. The molecule has 0 saturated heterocycles. The standard InChI is InChI=1S/C16H14.2C9H7.C2H6Si.Zr/c1-3-9-15(10-4-1)13-7-8-14-16-11-5-2-6-12-16;2*1-2-5-9-7-3-6-8(9)4-1;1-3-2;/h1-14H;2*1-7H;1-2H3;/q;2*-1;;+2. The second-order valence-electron chi connectivity index (χ2n) is 8.35. The third-order valence-corrected chi connectivity index (χ3v) is 5.38. The van der Waals surface area contributed by atoms with Gasteiger partial charge in [-0.1, -0.05) is 110 Å². The maximum atomic E-state index is 2.15. The van der Waals surface area contributed by atoms with Crippen LogP contribution in [-0.2, 0) is 26.2 Å². The topological polar surface area (TPSA) is 0 Å². The number of fused-ring (bicyclic) bond motifs is 2. The first-order valence-electron chi connectivity index (χ1n) is 12.5. The van der Waals surface area contributed by atoms with Crippen molar-refractivity contribution in [2.75, 3.05) is 0 Å². The summed E-state index contributed by atoms with van der Waals surface area (Å²) < 4.78 is 0. The van der Waals surface area contributed by atoms with E-state index in [1.54, 1.807) is 0 Å². The van der Waals surface area contributed by atoms with Crippen LogP contribution >= 0.6 is 0 Å². The summed E-state index contributed by atoms with van der Waals surface area (Å²) in [7, 11) is 1.08. The van der Waals surface area contributed by atoms with Crippen LogP contribution in [0, 0.1) is 0 Å². The normalized spacial score (nSPS) is 10.1. The molecule has 0 N–H and O–H groups in total. The summed E-state index contributed by atoms with van der Waals surface area (Å²) in [4.78, 5) is 0. The van der Waals surface area contributed by atoms with Crippen molar-refractivity contribution in [3.05, 3.63) is 169 Å². The summed E-state index contributed by atoms with van der Waals surface area (Å²) in [6, 6.07) is 49.9. The second-order valence-corrected chi connectivity index (χ2v) is 9.35. The Morgan fingerprint density at radius 1 is 0.474 bits per heavy atom. The van der Waals surface area contributed by atoms with Gasteiger partial charge in [-0.15, -0.1) is 59.3 Å². The van der Waals surface area contributed by atoms with Crippen molar-refractivity contribution in [3.8, 4) is 0 Å². The predicted octanol–water partition coefficient (Wildman–Crippen LogP) is 10.3. The number of hydrogen-bond donors (Lipinski definition) is 0. The molecule has 0 aliphatic carbocycles. The van der Waals surface area contributed by atoms with Gasteiger partial charge in [0.1, 0.15) is 0 Å². The minimum Gasteiger partial charge on any atom is -0.168 e. The molecule has 6 aromatic rings. The van der Waals surface area contributed by atoms with Gasteiger partial charge in [-0.25, -0.2) is 0 Å². The van der Waals surface area contributed by atoms with Crippen LogP contribution in [0.4, 0.5) is 0 Å². The first kappa shape index (κ1) is 30.9. The molecule has 0 amide bonds. The van der Waals surface area contributed by atoms with Crippen molar-refractivity contribution in [2.45, 2.75) is 13.1 Å². The van der Waals surface area contributed by atoms with E-state index in [1.807, 2.05) is 36.4 Å². The van der Waals surface area contributed by atoms with Crippen LogP contribution in [0.3, 0.4) is 0 Å². The van der Waals surface area contributed by atoms with Crippen LogP contribution in [0.1, 0.15) is 11.1 Å². The number of rotatable bonds is 3. The Kier molecular flexibility index (Phi) is 15.3. The van der Waals surface area contributed by atoms with Crippen LogP contribution < -0.4 is 0 Å². The van der Waals surface area contributed by atoms with E-state index in [4.69, 9.17) is 0 Å². The molecule has 186 valence electrons. The molecule has 2 radical (unpaired) electrons. The van der Waals surface area contributed by atoms with E-state index < -0.39 is 0 Å². The van der Waals surface area contributed by atoms with E-state index in [0.29, 0.717) is 0 Å². The smallest absolute Gasteiger partial charge is 0.168 e. The number of benzene rings is 4. The van der Waals surface area contributed by atoms with Gasteiger partial charge in [0.25, 0.3) is 0 Å². The average Bonchev–Trinajstić information content (AvgIpc) is 3.63. The molecule has 2 heteroatoms. The Hall–Kier alpha value is -3.32. The van der Waals surface area contributed by atoms with Crippen molar-refractivity contribution in [3.63, 3.8) is 0 Å². The quantitative estimate of drug-likeness (QED) is 0.110. The van der Waals surface area contributed by atoms with Crippen LogP contribution in [0.5, 0.6) is 0 Å². The summed E-state index contributed by atoms with van der Waals surface area (Å²) in [5, 5.41) is 5.32. The minimum atomic E-state index is 0. The van der Waals surface area contributed by atoms with E-state index in [9.17, 15) is 0 Å². The first-order valence-corrected chi connectivity index (χ1v) is 14.5. The van der Waals surface area contributed by atoms with Crippen molar-refractivity contribution in [1.82, 2.24) is 0 Å². The van der Waals surface area contributed by atoms with Gasteiger partial charge >= 0.3 is 26.2 Å². The monoisotopic (exact) mass is 584 g/mol. The van der Waals surface area contributed by atoms with Crippen LogP contribution in [0.2, 0.25) is 13.1 Å². The fourth-order valence-electron chi connectivity index (χ4n) is 3.60. The first-order chi connectivity index (χ1) is 18.3. The summed E-state index contributed by atoms with van der Waals surface area (Å²) in [6.45, 7) is 4.31. The van der Waals surface area contributed by atoms with E-state index in [0.717, 1.165) is 9.52 Å². The average molecular weight is 586 g/mol. The zero-order valence-corrected chi connectivity index (χ0v) is 25.6. The van der Waals surface area contributed by atoms with Gasteiger partial charge in [-0.05, 0) is 11.1 Å². The molecule has 0 fully saturated rings. The summed E-state index contributed by atoms with van der Waals surface area (Å²) in [5.41, 5.74) is 2.44. The fraction of sp³-hybridized carbons (Fsp3) is 0.0556. The molecule has 0 saturated carbocycles. The number of allylic oxidation sites excluding steroid dienone is 2. The second kappa shape index (κ2) is 18.9. The molecule has 6 rings (SSSR count). The molecule has 0 unspecified atom stereocenters. The molecule has 0 aliphatic rings. The molecule has 0 aromatic heterocycles. The van der Waals surface area contributed by atoms with Gasteiger partial charge in [-0.2, -0.15) is 35.0 Å². The Balaban J connectivity index is 0.000000198. The molecule has 0 atom stereocenters. The number of hydrogen-bond acceptors (Lipinski definition) is 0. The third-order valence-electron chi connectivity index (χ3n) is 5.38. The van der Waals surface area contributed by atoms with Crippen LogP contribution in [0.15, 0.2) is 158 Å². The van der Waals surface area contributed by atoms with Gasteiger partial charge in [0.2, 0.25) is 0 Å². The van der Waals surface area contributed by atoms with E-state index in [1.165, 1.54) is 32.7 Å². The molecule has 0 nitrogen and oxygen atoms in total. The maximum Gasteiger partial charge on any atom is 2.00 e. The van der Waals surface area contributed by atoms with E-state index in [-0.39, 0.29) is 26.2 Å². The van der Waals surface area contributed by atoms with Gasteiger partial charge < -0.3 is 0 Å². The molecule has 0 bridgehead atoms. The molecule has 0 heterocycles. The maximum absolute atomic E-state index is 2.15. The van der Waals surface area contributed by atoms with Gasteiger partial charge in [0.05, 0.1) is 0 Å². The molecule has 0 aliphatic heterocycles. The Bertz CT molecular complexity index is 1280. The molecule has 0 spiro atoms. The van der Waals surface area contributed by atoms with E-state index >= 15 is 0 Å². The van der Waals surface area contributed by atoms with Gasteiger partial charge in [0, 0.05) is 9.52 Å². The van der Waals surface area contributed by atoms with Crippen LogP contribution in [0.25, 0.3) is 33.7 Å². The summed E-state index contributed by atoms with van der Waals surface area (Å²) in [5.74, 6) is 0. The predicted molar refractivity (Wildman–Crippen MR) is 168 cm³/mol. The van der Waals surface area contributed by atoms with E-state index in [2.05, 4.69) is 147 Å². The zero-order valence-electron chi connectivity index (χ0n) is 22.2. The van der Waals surface area contributed by atoms with Gasteiger partial charge in [0.15, 0.2) is 0 Å². The Labute approximate surface area is 250 Å². The molecular formula is C36H34SiZr. The zero-order chi connectivity index (χ0) is 26.0. The van der Waals surface area contributed by atoms with Crippen molar-refractivity contribution in [2.24, 2.45) is 0 Å². The molecular weight excluding hydrogens is 552 g/mol. The molecule has 6 aromatic carbocycles. The summed E-state index contributed by atoms with van der Waals surface area (Å²) >= 11 is 0. The third kappa shape index (κ3) is 11.4. The van der Waals surface area contributed by atoms with Gasteiger partial charge in [-0.3, -0.25) is 0 Å². The Morgan fingerprint density at radius 3 is 1.18 bits per heavy atom. The largest absolute Gasteiger partial charge is 2.00 e. The van der Waals surface area contributed by atoms with Crippen molar-refractivity contribution < 1.29 is 26.2 Å². The van der Waals surface area contributed by atoms with Crippen molar-refractivity contribution in [1.29, 1.82) is 0 Å². The van der Waals surface area contributed by atoms with Crippen molar-refractivity contribution >= 4 is 43.2 Å². The minimum absolute atomic E-state index is 0. The SMILES string of the molecule is C(C=Cc1ccccc1)=Cc1ccccc1.C[Si]C.[Zr+2].c1ccc2[cH-]ccc2c1.c1ccc2[cH-]ccc2c1. The fourth-order valence-corrected chi connectivity index (χ4v) is 3.60. The Morgan fingerprint density at radius 2 is 0.816 bits per heavy atom. The molecule has 38 heavy (non-hydrogen) atoms. The van der Waals surface area contributed by atoms with Crippen LogP contribution in [-0.4, -0.2) is 9.52 Å².